The molecule has 0 atom stereocenters. The number of primary amides is 1. The van der Waals surface area contributed by atoms with E-state index in [9.17, 15) is 18.0 Å². The maximum atomic E-state index is 13.1. The summed E-state index contributed by atoms with van der Waals surface area (Å²) in [5.74, 6) is -0.630. The fourth-order valence-electron chi connectivity index (χ4n) is 2.34. The molecule has 0 aliphatic carbocycles. The lowest BCUT2D eigenvalue weighted by Crippen LogP contribution is -2.11. The normalized spacial score (nSPS) is 11.5. The molecule has 2 aromatic carbocycles. The number of nitrogens with zero attached hydrogens (tertiary/aromatic N) is 2. The average Bonchev–Trinajstić information content (AvgIpc) is 3.00. The van der Waals surface area contributed by atoms with Gasteiger partial charge in [0.25, 0.3) is 0 Å². The van der Waals surface area contributed by atoms with Crippen LogP contribution < -0.4 is 5.73 Å². The molecule has 8 heteroatoms. The first-order valence-electron chi connectivity index (χ1n) is 7.10. The fraction of sp³-hybridized carbons (Fsp3) is 0.0588. The van der Waals surface area contributed by atoms with Crippen LogP contribution in [0.2, 0.25) is 5.02 Å². The highest BCUT2D eigenvalue weighted by Gasteiger charge is 2.35. The molecular formula is C17H11ClF3N3O. The number of nitrogens with two attached hydrogens (primary N) is 1. The Bertz CT molecular complexity index is 933. The number of benzene rings is 2. The second-order valence-corrected chi connectivity index (χ2v) is 5.62. The Labute approximate surface area is 145 Å². The minimum absolute atomic E-state index is 0.185. The zero-order valence-electron chi connectivity index (χ0n) is 12.6. The van der Waals surface area contributed by atoms with Gasteiger partial charge in [-0.05, 0) is 36.4 Å². The summed E-state index contributed by atoms with van der Waals surface area (Å²) in [6.07, 6.45) is -4.60. The van der Waals surface area contributed by atoms with E-state index < -0.39 is 17.8 Å². The fourth-order valence-corrected chi connectivity index (χ4v) is 2.58. The predicted molar refractivity (Wildman–Crippen MR) is 87.5 cm³/mol. The largest absolute Gasteiger partial charge is 0.435 e. The minimum Gasteiger partial charge on any atom is -0.366 e. The van der Waals surface area contributed by atoms with Crippen LogP contribution in [0.25, 0.3) is 16.9 Å². The maximum Gasteiger partial charge on any atom is 0.435 e. The van der Waals surface area contributed by atoms with Crippen LogP contribution in [0.3, 0.4) is 0 Å². The number of halogens is 4. The van der Waals surface area contributed by atoms with E-state index in [1.807, 2.05) is 0 Å². The topological polar surface area (TPSA) is 60.9 Å². The lowest BCUT2D eigenvalue weighted by atomic mass is 10.1. The molecule has 128 valence electrons. The van der Waals surface area contributed by atoms with Gasteiger partial charge >= 0.3 is 6.18 Å². The Morgan fingerprint density at radius 1 is 1.08 bits per heavy atom. The lowest BCUT2D eigenvalue weighted by Gasteiger charge is -2.09. The van der Waals surface area contributed by atoms with E-state index in [0.29, 0.717) is 16.3 Å². The molecule has 25 heavy (non-hydrogen) atoms. The van der Waals surface area contributed by atoms with E-state index in [0.717, 1.165) is 10.7 Å². The summed E-state index contributed by atoms with van der Waals surface area (Å²) >= 11 is 6.12. The molecule has 1 heterocycles. The van der Waals surface area contributed by atoms with Crippen LogP contribution in [-0.2, 0) is 6.18 Å². The molecule has 0 aliphatic rings. The van der Waals surface area contributed by atoms with Crippen LogP contribution in [-0.4, -0.2) is 15.7 Å². The highest BCUT2D eigenvalue weighted by Crippen LogP contribution is 2.35. The predicted octanol–water partition coefficient (Wildman–Crippen LogP) is 4.31. The number of hydrogen-bond acceptors (Lipinski definition) is 2. The van der Waals surface area contributed by atoms with Crippen molar-refractivity contribution in [3.05, 3.63) is 70.9 Å². The summed E-state index contributed by atoms with van der Waals surface area (Å²) in [5, 5.41) is 3.96. The smallest absolute Gasteiger partial charge is 0.366 e. The van der Waals surface area contributed by atoms with Gasteiger partial charge in [0, 0.05) is 16.1 Å². The van der Waals surface area contributed by atoms with Crippen molar-refractivity contribution < 1.29 is 18.0 Å². The van der Waals surface area contributed by atoms with Crippen molar-refractivity contribution in [3.63, 3.8) is 0 Å². The molecule has 0 fully saturated rings. The molecule has 0 saturated heterocycles. The summed E-state index contributed by atoms with van der Waals surface area (Å²) in [7, 11) is 0. The van der Waals surface area contributed by atoms with Crippen molar-refractivity contribution in [3.8, 4) is 16.9 Å². The number of alkyl halides is 3. The molecular weight excluding hydrogens is 355 g/mol. The van der Waals surface area contributed by atoms with Crippen molar-refractivity contribution in [2.75, 3.05) is 0 Å². The third-order valence-electron chi connectivity index (χ3n) is 3.55. The third-order valence-corrected chi connectivity index (χ3v) is 3.88. The molecule has 0 aliphatic heterocycles. The molecule has 3 aromatic rings. The third kappa shape index (κ3) is 3.36. The van der Waals surface area contributed by atoms with Gasteiger partial charge in [-0.3, -0.25) is 4.79 Å². The van der Waals surface area contributed by atoms with Crippen LogP contribution in [0.4, 0.5) is 13.2 Å². The Hall–Kier alpha value is -2.80. The number of hydrogen-bond donors (Lipinski definition) is 1. The second-order valence-electron chi connectivity index (χ2n) is 5.22. The summed E-state index contributed by atoms with van der Waals surface area (Å²) in [6.45, 7) is 0. The van der Waals surface area contributed by atoms with Gasteiger partial charge in [-0.15, -0.1) is 0 Å². The van der Waals surface area contributed by atoms with Crippen molar-refractivity contribution in [2.24, 2.45) is 5.73 Å². The minimum atomic E-state index is -4.60. The zero-order valence-corrected chi connectivity index (χ0v) is 13.3. The van der Waals surface area contributed by atoms with Crippen molar-refractivity contribution in [1.82, 2.24) is 9.78 Å². The number of amides is 1. The Kier molecular flexibility index (Phi) is 4.26. The van der Waals surface area contributed by atoms with Gasteiger partial charge in [0.05, 0.1) is 11.4 Å². The highest BCUT2D eigenvalue weighted by atomic mass is 35.5. The Morgan fingerprint density at radius 2 is 1.72 bits per heavy atom. The Balaban J connectivity index is 2.19. The molecule has 3 rings (SSSR count). The number of carbonyl (C=O) groups excluding carboxylic acids is 1. The van der Waals surface area contributed by atoms with E-state index in [1.54, 1.807) is 24.3 Å². The average molecular weight is 366 g/mol. The Morgan fingerprint density at radius 3 is 2.28 bits per heavy atom. The van der Waals surface area contributed by atoms with Gasteiger partial charge in [-0.1, -0.05) is 29.8 Å². The number of carbonyl (C=O) groups is 1. The summed E-state index contributed by atoms with van der Waals surface area (Å²) < 4.78 is 40.5. The quantitative estimate of drug-likeness (QED) is 0.751. The second kappa shape index (κ2) is 6.25. The molecule has 0 radical (unpaired) electrons. The van der Waals surface area contributed by atoms with E-state index in [-0.39, 0.29) is 11.3 Å². The maximum absolute atomic E-state index is 13.1. The van der Waals surface area contributed by atoms with Gasteiger partial charge in [-0.2, -0.15) is 18.3 Å². The summed E-state index contributed by atoms with van der Waals surface area (Å²) in [6, 6.07) is 13.2. The first-order chi connectivity index (χ1) is 11.8. The van der Waals surface area contributed by atoms with Gasteiger partial charge in [0.2, 0.25) is 5.91 Å². The highest BCUT2D eigenvalue weighted by molar-refractivity contribution is 6.33. The molecule has 1 amide bonds. The van der Waals surface area contributed by atoms with E-state index >= 15 is 0 Å². The zero-order chi connectivity index (χ0) is 18.2. The molecule has 0 bridgehead atoms. The molecule has 0 spiro atoms. The molecule has 0 unspecified atom stereocenters. The first kappa shape index (κ1) is 17.0. The van der Waals surface area contributed by atoms with Crippen LogP contribution in [0.5, 0.6) is 0 Å². The SMILES string of the molecule is NC(=O)c1ccc(-n2nc(C(F)(F)F)cc2-c2ccccc2Cl)cc1. The standard InChI is InChI=1S/C17H11ClF3N3O/c18-13-4-2-1-3-12(13)14-9-15(17(19,20)21)23-24(14)11-7-5-10(6-8-11)16(22)25/h1-9H,(H2,22,25). The molecule has 2 N–H and O–H groups in total. The van der Waals surface area contributed by atoms with E-state index in [1.165, 1.54) is 24.3 Å². The summed E-state index contributed by atoms with van der Waals surface area (Å²) in [4.78, 5) is 11.2. The number of aromatic nitrogens is 2. The van der Waals surface area contributed by atoms with Crippen molar-refractivity contribution >= 4 is 17.5 Å². The van der Waals surface area contributed by atoms with E-state index in [4.69, 9.17) is 17.3 Å². The van der Waals surface area contributed by atoms with E-state index in [2.05, 4.69) is 5.10 Å². The van der Waals surface area contributed by atoms with Crippen LogP contribution in [0.15, 0.2) is 54.6 Å². The van der Waals surface area contributed by atoms with Crippen molar-refractivity contribution in [1.29, 1.82) is 0 Å². The molecule has 1 aromatic heterocycles. The van der Waals surface area contributed by atoms with Crippen LogP contribution in [0, 0.1) is 0 Å². The lowest BCUT2D eigenvalue weighted by molar-refractivity contribution is -0.141. The van der Waals surface area contributed by atoms with Gasteiger partial charge < -0.3 is 5.73 Å². The van der Waals surface area contributed by atoms with Crippen LogP contribution in [0.1, 0.15) is 16.1 Å². The first-order valence-corrected chi connectivity index (χ1v) is 7.47. The number of rotatable bonds is 3. The van der Waals surface area contributed by atoms with Crippen LogP contribution >= 0.6 is 11.6 Å². The van der Waals surface area contributed by atoms with Crippen molar-refractivity contribution in [2.45, 2.75) is 6.18 Å². The van der Waals surface area contributed by atoms with Gasteiger partial charge in [0.1, 0.15) is 0 Å². The molecule has 4 nitrogen and oxygen atoms in total. The van der Waals surface area contributed by atoms with Gasteiger partial charge in [-0.25, -0.2) is 4.68 Å². The summed E-state index contributed by atoms with van der Waals surface area (Å²) in [5.41, 5.74) is 5.31. The molecule has 0 saturated carbocycles. The van der Waals surface area contributed by atoms with Gasteiger partial charge in [0.15, 0.2) is 5.69 Å². The monoisotopic (exact) mass is 365 g/mol.